The summed E-state index contributed by atoms with van der Waals surface area (Å²) in [6.07, 6.45) is 0. The first-order valence-corrected chi connectivity index (χ1v) is 7.21. The fraction of sp³-hybridized carbons (Fsp3) is 0. The van der Waals surface area contributed by atoms with Gasteiger partial charge in [0.2, 0.25) is 0 Å². The summed E-state index contributed by atoms with van der Waals surface area (Å²) in [4.78, 5) is 45.8. The number of carbonyl (C=O) groups excluding carboxylic acids is 3. The van der Waals surface area contributed by atoms with Gasteiger partial charge in [-0.15, -0.1) is 0 Å². The number of fused-ring (bicyclic) bond motifs is 2. The van der Waals surface area contributed by atoms with Crippen molar-refractivity contribution in [2.24, 2.45) is 0 Å². The standard InChI is InChI=1S/C18H10N2O4/c21-16-12-6-2-3-7-13(12)17(22)20(16)24-18(23)15-10-9-11-5-1-4-8-14(11)19-15/h1-10H. The summed E-state index contributed by atoms with van der Waals surface area (Å²) >= 11 is 0. The zero-order chi connectivity index (χ0) is 16.7. The highest BCUT2D eigenvalue weighted by atomic mass is 16.7. The SMILES string of the molecule is O=C(ON1C(=O)c2ccccc2C1=O)c1ccc2ccccc2n1. The van der Waals surface area contributed by atoms with Crippen molar-refractivity contribution < 1.29 is 19.2 Å². The van der Waals surface area contributed by atoms with E-state index in [0.717, 1.165) is 5.39 Å². The molecule has 116 valence electrons. The van der Waals surface area contributed by atoms with Gasteiger partial charge in [-0.1, -0.05) is 41.5 Å². The molecule has 0 saturated carbocycles. The number of nitrogens with zero attached hydrogens (tertiary/aromatic N) is 2. The summed E-state index contributed by atoms with van der Waals surface area (Å²) in [6.45, 7) is 0. The summed E-state index contributed by atoms with van der Waals surface area (Å²) < 4.78 is 0. The van der Waals surface area contributed by atoms with Crippen molar-refractivity contribution in [3.05, 3.63) is 77.5 Å². The Morgan fingerprint density at radius 1 is 0.833 bits per heavy atom. The van der Waals surface area contributed by atoms with Crippen molar-refractivity contribution in [2.45, 2.75) is 0 Å². The first-order chi connectivity index (χ1) is 11.6. The van der Waals surface area contributed by atoms with Crippen molar-refractivity contribution in [1.82, 2.24) is 10.0 Å². The largest absolute Gasteiger partial charge is 0.382 e. The summed E-state index contributed by atoms with van der Waals surface area (Å²) in [5.41, 5.74) is 1.06. The van der Waals surface area contributed by atoms with Crippen LogP contribution in [0, 0.1) is 0 Å². The highest BCUT2D eigenvalue weighted by Crippen LogP contribution is 2.23. The second-order valence-corrected chi connectivity index (χ2v) is 5.22. The van der Waals surface area contributed by atoms with E-state index < -0.39 is 17.8 Å². The van der Waals surface area contributed by atoms with Crippen LogP contribution < -0.4 is 0 Å². The number of amides is 2. The third kappa shape index (κ3) is 2.13. The maximum absolute atomic E-state index is 12.3. The molecule has 24 heavy (non-hydrogen) atoms. The lowest BCUT2D eigenvalue weighted by Gasteiger charge is -2.12. The van der Waals surface area contributed by atoms with Gasteiger partial charge in [0.1, 0.15) is 0 Å². The minimum Gasteiger partial charge on any atom is -0.323 e. The molecular formula is C18H10N2O4. The summed E-state index contributed by atoms with van der Waals surface area (Å²) in [5.74, 6) is -2.19. The molecule has 1 aromatic heterocycles. The van der Waals surface area contributed by atoms with Crippen LogP contribution in [0.2, 0.25) is 0 Å². The van der Waals surface area contributed by atoms with Gasteiger partial charge in [0.15, 0.2) is 5.69 Å². The average molecular weight is 318 g/mol. The molecule has 6 heteroatoms. The highest BCUT2D eigenvalue weighted by Gasteiger charge is 2.38. The predicted octanol–water partition coefficient (Wildman–Crippen LogP) is 2.60. The zero-order valence-electron chi connectivity index (χ0n) is 12.3. The fourth-order valence-corrected chi connectivity index (χ4v) is 2.56. The summed E-state index contributed by atoms with van der Waals surface area (Å²) in [7, 11) is 0. The maximum atomic E-state index is 12.3. The molecule has 2 aromatic carbocycles. The molecular weight excluding hydrogens is 308 g/mol. The van der Waals surface area contributed by atoms with Gasteiger partial charge in [0, 0.05) is 5.39 Å². The molecule has 0 fully saturated rings. The first-order valence-electron chi connectivity index (χ1n) is 7.21. The monoisotopic (exact) mass is 318 g/mol. The maximum Gasteiger partial charge on any atom is 0.382 e. The number of para-hydroxylation sites is 1. The number of hydrogen-bond acceptors (Lipinski definition) is 5. The molecule has 0 N–H and O–H groups in total. The Bertz CT molecular complexity index is 978. The van der Waals surface area contributed by atoms with Crippen LogP contribution in [0.5, 0.6) is 0 Å². The number of pyridine rings is 1. The highest BCUT2D eigenvalue weighted by molar-refractivity contribution is 6.21. The Morgan fingerprint density at radius 2 is 1.46 bits per heavy atom. The minimum absolute atomic E-state index is 0.0188. The van der Waals surface area contributed by atoms with Crippen LogP contribution in [-0.4, -0.2) is 27.8 Å². The molecule has 0 aliphatic carbocycles. The molecule has 1 aliphatic rings. The lowest BCUT2D eigenvalue weighted by Crippen LogP contribution is -2.32. The lowest BCUT2D eigenvalue weighted by molar-refractivity contribution is -0.0588. The number of carbonyl (C=O) groups is 3. The number of hydrogen-bond donors (Lipinski definition) is 0. The van der Waals surface area contributed by atoms with Gasteiger partial charge in [-0.3, -0.25) is 9.59 Å². The van der Waals surface area contributed by atoms with Crippen molar-refractivity contribution >= 4 is 28.7 Å². The molecule has 0 spiro atoms. The molecule has 0 saturated heterocycles. The van der Waals surface area contributed by atoms with Crippen LogP contribution in [0.4, 0.5) is 0 Å². The molecule has 0 radical (unpaired) electrons. The van der Waals surface area contributed by atoms with Crippen molar-refractivity contribution in [1.29, 1.82) is 0 Å². The molecule has 4 rings (SSSR count). The van der Waals surface area contributed by atoms with Crippen molar-refractivity contribution in [3.8, 4) is 0 Å². The second kappa shape index (κ2) is 5.27. The van der Waals surface area contributed by atoms with E-state index in [1.54, 1.807) is 30.3 Å². The van der Waals surface area contributed by atoms with Crippen molar-refractivity contribution in [2.75, 3.05) is 0 Å². The lowest BCUT2D eigenvalue weighted by atomic mass is 10.1. The quantitative estimate of drug-likeness (QED) is 0.679. The van der Waals surface area contributed by atoms with E-state index in [0.29, 0.717) is 10.6 Å². The number of rotatable bonds is 2. The number of imide groups is 1. The van der Waals surface area contributed by atoms with E-state index in [1.807, 2.05) is 12.1 Å². The Balaban J connectivity index is 1.62. The van der Waals surface area contributed by atoms with Gasteiger partial charge in [0.25, 0.3) is 11.8 Å². The van der Waals surface area contributed by atoms with Gasteiger partial charge < -0.3 is 4.84 Å². The van der Waals surface area contributed by atoms with Crippen LogP contribution in [0.15, 0.2) is 60.7 Å². The number of benzene rings is 2. The van der Waals surface area contributed by atoms with Crippen LogP contribution in [0.3, 0.4) is 0 Å². The van der Waals surface area contributed by atoms with E-state index in [-0.39, 0.29) is 16.8 Å². The van der Waals surface area contributed by atoms with E-state index >= 15 is 0 Å². The number of aromatic nitrogens is 1. The molecule has 6 nitrogen and oxygen atoms in total. The van der Waals surface area contributed by atoms with Crippen LogP contribution in [0.1, 0.15) is 31.2 Å². The Hall–Kier alpha value is -3.54. The zero-order valence-corrected chi connectivity index (χ0v) is 12.3. The molecule has 0 atom stereocenters. The third-order valence-corrected chi connectivity index (χ3v) is 3.74. The normalized spacial score (nSPS) is 13.2. The Kier molecular flexibility index (Phi) is 3.09. The predicted molar refractivity (Wildman–Crippen MR) is 84.1 cm³/mol. The van der Waals surface area contributed by atoms with Gasteiger partial charge in [0.05, 0.1) is 16.6 Å². The molecule has 1 aliphatic heterocycles. The second-order valence-electron chi connectivity index (χ2n) is 5.22. The number of hydroxylamine groups is 2. The smallest absolute Gasteiger partial charge is 0.323 e. The molecule has 2 heterocycles. The van der Waals surface area contributed by atoms with Gasteiger partial charge in [-0.25, -0.2) is 9.78 Å². The van der Waals surface area contributed by atoms with Crippen LogP contribution >= 0.6 is 0 Å². The Morgan fingerprint density at radius 3 is 2.17 bits per heavy atom. The van der Waals surface area contributed by atoms with E-state index in [4.69, 9.17) is 4.84 Å². The third-order valence-electron chi connectivity index (χ3n) is 3.74. The van der Waals surface area contributed by atoms with E-state index in [9.17, 15) is 14.4 Å². The fourth-order valence-electron chi connectivity index (χ4n) is 2.56. The van der Waals surface area contributed by atoms with Gasteiger partial charge in [-0.05, 0) is 24.3 Å². The summed E-state index contributed by atoms with van der Waals surface area (Å²) in [6, 6.07) is 16.8. The van der Waals surface area contributed by atoms with E-state index in [2.05, 4.69) is 4.98 Å². The molecule has 0 bridgehead atoms. The Labute approximate surface area is 136 Å². The van der Waals surface area contributed by atoms with Crippen LogP contribution in [0.25, 0.3) is 10.9 Å². The summed E-state index contributed by atoms with van der Waals surface area (Å²) in [5, 5.41) is 1.35. The molecule has 0 unspecified atom stereocenters. The topological polar surface area (TPSA) is 76.6 Å². The molecule has 2 amide bonds. The molecule has 3 aromatic rings. The van der Waals surface area contributed by atoms with Crippen molar-refractivity contribution in [3.63, 3.8) is 0 Å². The minimum atomic E-state index is -0.866. The van der Waals surface area contributed by atoms with Gasteiger partial charge in [-0.2, -0.15) is 0 Å². The van der Waals surface area contributed by atoms with Crippen LogP contribution in [-0.2, 0) is 4.84 Å². The van der Waals surface area contributed by atoms with E-state index in [1.165, 1.54) is 18.2 Å². The van der Waals surface area contributed by atoms with Gasteiger partial charge >= 0.3 is 5.97 Å². The average Bonchev–Trinajstić information content (AvgIpc) is 2.86. The first kappa shape index (κ1) is 14.1.